The minimum atomic E-state index is -2.86. The van der Waals surface area contributed by atoms with E-state index in [0.29, 0.717) is 6.04 Å². The molecule has 0 N–H and O–H groups in total. The molecule has 0 radical (unpaired) electrons. The minimum Gasteiger partial charge on any atom is -0.377 e. The fraction of sp³-hybridized carbons (Fsp3) is 0.571. The van der Waals surface area contributed by atoms with Crippen molar-refractivity contribution in [1.82, 2.24) is 0 Å². The monoisotopic (exact) mass is 346 g/mol. The number of hydrogen-bond acceptors (Lipinski definition) is 6. The Hall–Kier alpha value is -0.586. The predicted molar refractivity (Wildman–Crippen MR) is 88.1 cm³/mol. The molecule has 126 valence electrons. The largest absolute Gasteiger partial charge is 0.536 e. The number of hydrogen-bond donors (Lipinski definition) is 0. The molecular weight excluding hydrogens is 320 g/mol. The zero-order chi connectivity index (χ0) is 16.8. The Morgan fingerprint density at radius 1 is 0.773 bits per heavy atom. The molecule has 0 saturated heterocycles. The maximum absolute atomic E-state index is 5.54. The average molecular weight is 347 g/mol. The summed E-state index contributed by atoms with van der Waals surface area (Å²) in [5, 5.41) is 0.895. The fourth-order valence-electron chi connectivity index (χ4n) is 2.36. The van der Waals surface area contributed by atoms with Crippen LogP contribution in [0.1, 0.15) is 11.1 Å². The molecule has 0 spiro atoms. The van der Waals surface area contributed by atoms with Crippen LogP contribution >= 0.6 is 0 Å². The van der Waals surface area contributed by atoms with Gasteiger partial charge in [-0.3, -0.25) is 0 Å². The van der Waals surface area contributed by atoms with Gasteiger partial charge in [-0.15, -0.1) is 0 Å². The lowest BCUT2D eigenvalue weighted by Gasteiger charge is -2.27. The van der Waals surface area contributed by atoms with E-state index in [1.54, 1.807) is 42.7 Å². The van der Waals surface area contributed by atoms with Crippen molar-refractivity contribution in [2.24, 2.45) is 0 Å². The first-order chi connectivity index (χ1) is 10.5. The summed E-state index contributed by atoms with van der Waals surface area (Å²) in [6.07, 6.45) is 0. The third kappa shape index (κ3) is 3.84. The quantitative estimate of drug-likeness (QED) is 0.623. The molecule has 0 heterocycles. The van der Waals surface area contributed by atoms with Gasteiger partial charge < -0.3 is 26.6 Å². The standard InChI is InChI=1S/C14H26O6Si2/c1-12-8-9-14(22(18-5,19-6)20-7)10-13(12)11-21(15-2,16-3)17-4/h8-10H,11H2,1-7H3. The molecule has 8 heteroatoms. The van der Waals surface area contributed by atoms with Crippen LogP contribution in [0.3, 0.4) is 0 Å². The second-order valence-corrected chi connectivity index (χ2v) is 10.6. The number of rotatable bonds is 9. The molecule has 22 heavy (non-hydrogen) atoms. The first-order valence-corrected chi connectivity index (χ1v) is 10.5. The topological polar surface area (TPSA) is 55.4 Å². The van der Waals surface area contributed by atoms with Gasteiger partial charge in [-0.05, 0) is 18.1 Å². The van der Waals surface area contributed by atoms with Crippen molar-refractivity contribution in [2.45, 2.75) is 13.0 Å². The predicted octanol–water partition coefficient (Wildman–Crippen LogP) is 1.04. The maximum atomic E-state index is 5.54. The summed E-state index contributed by atoms with van der Waals surface area (Å²) < 4.78 is 33.2. The summed E-state index contributed by atoms with van der Waals surface area (Å²) in [7, 11) is 4.04. The van der Waals surface area contributed by atoms with E-state index in [1.807, 2.05) is 25.1 Å². The van der Waals surface area contributed by atoms with Crippen molar-refractivity contribution in [1.29, 1.82) is 0 Å². The lowest BCUT2D eigenvalue weighted by Crippen LogP contribution is -2.55. The Morgan fingerprint density at radius 3 is 1.68 bits per heavy atom. The molecule has 0 fully saturated rings. The van der Waals surface area contributed by atoms with Crippen molar-refractivity contribution in [3.8, 4) is 0 Å². The Bertz CT molecular complexity index is 458. The lowest BCUT2D eigenvalue weighted by atomic mass is 10.1. The number of benzene rings is 1. The molecule has 0 aromatic heterocycles. The molecule has 0 aliphatic rings. The van der Waals surface area contributed by atoms with E-state index >= 15 is 0 Å². The second kappa shape index (κ2) is 8.32. The molecule has 0 aliphatic heterocycles. The highest BCUT2D eigenvalue weighted by Gasteiger charge is 2.43. The van der Waals surface area contributed by atoms with Gasteiger partial charge >= 0.3 is 17.6 Å². The highest BCUT2D eigenvalue weighted by atomic mass is 28.4. The van der Waals surface area contributed by atoms with Crippen LogP contribution in [0, 0.1) is 6.92 Å². The molecule has 1 rings (SSSR count). The third-order valence-electron chi connectivity index (χ3n) is 3.85. The van der Waals surface area contributed by atoms with E-state index in [-0.39, 0.29) is 0 Å². The van der Waals surface area contributed by atoms with Gasteiger partial charge in [0, 0.05) is 53.9 Å². The summed E-state index contributed by atoms with van der Waals surface area (Å²) in [5.41, 5.74) is 2.19. The lowest BCUT2D eigenvalue weighted by molar-refractivity contribution is 0.122. The third-order valence-corrected chi connectivity index (χ3v) is 9.16. The summed E-state index contributed by atoms with van der Waals surface area (Å²) in [6.45, 7) is 2.04. The first kappa shape index (κ1) is 19.5. The average Bonchev–Trinajstić information content (AvgIpc) is 2.57. The van der Waals surface area contributed by atoms with E-state index < -0.39 is 17.6 Å². The smallest absolute Gasteiger partial charge is 0.377 e. The van der Waals surface area contributed by atoms with Gasteiger partial charge in [0.2, 0.25) is 0 Å². The van der Waals surface area contributed by atoms with Gasteiger partial charge in [-0.2, -0.15) is 0 Å². The summed E-state index contributed by atoms with van der Waals surface area (Å²) in [5.74, 6) is 0. The van der Waals surface area contributed by atoms with E-state index in [4.69, 9.17) is 26.6 Å². The Morgan fingerprint density at radius 2 is 1.27 bits per heavy atom. The van der Waals surface area contributed by atoms with Crippen LogP contribution in [0.25, 0.3) is 0 Å². The van der Waals surface area contributed by atoms with Crippen molar-refractivity contribution in [2.75, 3.05) is 42.7 Å². The van der Waals surface area contributed by atoms with Crippen molar-refractivity contribution < 1.29 is 26.6 Å². The van der Waals surface area contributed by atoms with Gasteiger partial charge in [0.1, 0.15) is 0 Å². The second-order valence-electron chi connectivity index (χ2n) is 4.78. The van der Waals surface area contributed by atoms with Gasteiger partial charge in [-0.1, -0.05) is 18.2 Å². The van der Waals surface area contributed by atoms with E-state index in [9.17, 15) is 0 Å². The Kier molecular flexibility index (Phi) is 7.36. The summed E-state index contributed by atoms with van der Waals surface area (Å²) >= 11 is 0. The molecule has 0 saturated carbocycles. The Labute approximate surface area is 135 Å². The van der Waals surface area contributed by atoms with Crippen LogP contribution < -0.4 is 5.19 Å². The van der Waals surface area contributed by atoms with Gasteiger partial charge in [0.25, 0.3) is 0 Å². The molecule has 0 amide bonds. The Balaban J connectivity index is 3.25. The maximum Gasteiger partial charge on any atom is 0.536 e. The summed E-state index contributed by atoms with van der Waals surface area (Å²) in [4.78, 5) is 0. The van der Waals surface area contributed by atoms with Crippen LogP contribution in [0.5, 0.6) is 0 Å². The molecule has 0 bridgehead atoms. The summed E-state index contributed by atoms with van der Waals surface area (Å²) in [6, 6.07) is 6.58. The molecular formula is C14H26O6Si2. The van der Waals surface area contributed by atoms with Gasteiger partial charge in [-0.25, -0.2) is 0 Å². The highest BCUT2D eigenvalue weighted by Crippen LogP contribution is 2.18. The minimum absolute atomic E-state index is 0.567. The molecule has 1 aromatic carbocycles. The molecule has 1 aromatic rings. The van der Waals surface area contributed by atoms with Crippen molar-refractivity contribution in [3.63, 3.8) is 0 Å². The van der Waals surface area contributed by atoms with E-state index in [1.165, 1.54) is 0 Å². The molecule has 0 unspecified atom stereocenters. The zero-order valence-electron chi connectivity index (χ0n) is 14.4. The van der Waals surface area contributed by atoms with Crippen LogP contribution in [0.4, 0.5) is 0 Å². The highest BCUT2D eigenvalue weighted by molar-refractivity contribution is 6.75. The molecule has 6 nitrogen and oxygen atoms in total. The van der Waals surface area contributed by atoms with Crippen molar-refractivity contribution >= 4 is 22.8 Å². The normalized spacial score (nSPS) is 12.7. The zero-order valence-corrected chi connectivity index (χ0v) is 16.4. The van der Waals surface area contributed by atoms with Crippen LogP contribution in [0.2, 0.25) is 0 Å². The van der Waals surface area contributed by atoms with Gasteiger partial charge in [0.15, 0.2) is 0 Å². The van der Waals surface area contributed by atoms with Gasteiger partial charge in [0.05, 0.1) is 0 Å². The van der Waals surface area contributed by atoms with Crippen molar-refractivity contribution in [3.05, 3.63) is 29.3 Å². The fourth-order valence-corrected chi connectivity index (χ4v) is 5.98. The van der Waals surface area contributed by atoms with E-state index in [2.05, 4.69) is 0 Å². The van der Waals surface area contributed by atoms with Crippen LogP contribution in [0.15, 0.2) is 18.2 Å². The van der Waals surface area contributed by atoms with Crippen LogP contribution in [-0.2, 0) is 32.6 Å². The SMILES string of the molecule is CO[Si](Cc1cc([Si](OC)(OC)OC)ccc1C)(OC)OC. The van der Waals surface area contributed by atoms with Crippen LogP contribution in [-0.4, -0.2) is 60.3 Å². The van der Waals surface area contributed by atoms with E-state index in [0.717, 1.165) is 16.3 Å². The first-order valence-electron chi connectivity index (χ1n) is 6.87. The molecule has 0 atom stereocenters. The number of aryl methyl sites for hydroxylation is 1. The molecule has 0 aliphatic carbocycles.